The van der Waals surface area contributed by atoms with E-state index < -0.39 is 23.6 Å². The number of aromatic nitrogens is 2. The van der Waals surface area contributed by atoms with Gasteiger partial charge in [0.25, 0.3) is 11.8 Å². The molecule has 3 rings (SSSR count). The van der Waals surface area contributed by atoms with Gasteiger partial charge in [-0.25, -0.2) is 0 Å². The number of primary amides is 1. The Hall–Kier alpha value is -2.96. The Balaban J connectivity index is 1.81. The minimum Gasteiger partial charge on any atom is -0.363 e. The van der Waals surface area contributed by atoms with Crippen molar-refractivity contribution in [2.75, 3.05) is 0 Å². The third-order valence-corrected chi connectivity index (χ3v) is 4.21. The van der Waals surface area contributed by atoms with Crippen LogP contribution in [0.25, 0.3) is 0 Å². The molecule has 1 aliphatic rings. The molecule has 1 atom stereocenters. The van der Waals surface area contributed by atoms with Gasteiger partial charge >= 0.3 is 0 Å². The highest BCUT2D eigenvalue weighted by molar-refractivity contribution is 6.38. The zero-order chi connectivity index (χ0) is 18.0. The number of hydrogen-bond acceptors (Lipinski definition) is 4. The van der Waals surface area contributed by atoms with Crippen molar-refractivity contribution < 1.29 is 14.4 Å². The average Bonchev–Trinajstić information content (AvgIpc) is 3.36. The van der Waals surface area contributed by atoms with E-state index >= 15 is 0 Å². The molecule has 1 aliphatic carbocycles. The van der Waals surface area contributed by atoms with E-state index in [0.29, 0.717) is 11.5 Å². The summed E-state index contributed by atoms with van der Waals surface area (Å²) >= 11 is 0. The lowest BCUT2D eigenvalue weighted by atomic mass is 10.0. The highest BCUT2D eigenvalue weighted by Crippen LogP contribution is 2.40. The van der Waals surface area contributed by atoms with Crippen molar-refractivity contribution in [1.82, 2.24) is 15.1 Å². The minimum atomic E-state index is -1.06. The van der Waals surface area contributed by atoms with Gasteiger partial charge in [0.05, 0.1) is 11.3 Å². The molecule has 2 amide bonds. The number of hydrogen-bond donors (Lipinski definition) is 2. The summed E-state index contributed by atoms with van der Waals surface area (Å²) in [6.45, 7) is 0. The minimum absolute atomic E-state index is 0.202. The van der Waals surface area contributed by atoms with Crippen LogP contribution in [-0.2, 0) is 23.1 Å². The van der Waals surface area contributed by atoms with Gasteiger partial charge in [-0.15, -0.1) is 0 Å². The van der Waals surface area contributed by atoms with Crippen molar-refractivity contribution in [3.8, 4) is 0 Å². The highest BCUT2D eigenvalue weighted by Gasteiger charge is 2.33. The maximum Gasteiger partial charge on any atom is 0.287 e. The monoisotopic (exact) mass is 340 g/mol. The van der Waals surface area contributed by atoms with Gasteiger partial charge in [0.1, 0.15) is 6.04 Å². The van der Waals surface area contributed by atoms with E-state index in [2.05, 4.69) is 10.4 Å². The van der Waals surface area contributed by atoms with E-state index in [1.54, 1.807) is 17.9 Å². The smallest absolute Gasteiger partial charge is 0.287 e. The van der Waals surface area contributed by atoms with Crippen LogP contribution in [0.1, 0.15) is 40.4 Å². The molecule has 2 aromatic rings. The Morgan fingerprint density at radius 3 is 2.56 bits per heavy atom. The number of nitrogens with one attached hydrogen (secondary N) is 1. The summed E-state index contributed by atoms with van der Waals surface area (Å²) in [6.07, 6.45) is 3.85. The van der Waals surface area contributed by atoms with Crippen LogP contribution in [0.2, 0.25) is 0 Å². The molecule has 0 spiro atoms. The Morgan fingerprint density at radius 1 is 1.28 bits per heavy atom. The van der Waals surface area contributed by atoms with Gasteiger partial charge in [-0.1, -0.05) is 30.3 Å². The van der Waals surface area contributed by atoms with Crippen LogP contribution < -0.4 is 11.1 Å². The van der Waals surface area contributed by atoms with E-state index in [0.717, 1.165) is 24.1 Å². The standard InChI is InChI=1S/C18H20N4O3/c1-22-10-13(15(21-22)12-7-8-12)18(25)20-14(16(23)17(19)24)9-11-5-3-2-4-6-11/h2-6,10,12,14H,7-9H2,1H3,(H2,19,24)(H,20,25). The van der Waals surface area contributed by atoms with Crippen LogP contribution in [-0.4, -0.2) is 33.4 Å². The Morgan fingerprint density at radius 2 is 1.96 bits per heavy atom. The molecule has 3 N–H and O–H groups in total. The van der Waals surface area contributed by atoms with Crippen molar-refractivity contribution in [2.45, 2.75) is 31.2 Å². The normalized spacial score (nSPS) is 14.8. The molecule has 1 aromatic carbocycles. The number of nitrogens with zero attached hydrogens (tertiary/aromatic N) is 2. The molecule has 1 saturated carbocycles. The number of aryl methyl sites for hydroxylation is 1. The summed E-state index contributed by atoms with van der Waals surface area (Å²) < 4.78 is 1.59. The Kier molecular flexibility index (Phi) is 4.65. The van der Waals surface area contributed by atoms with Crippen LogP contribution in [0.15, 0.2) is 36.5 Å². The van der Waals surface area contributed by atoms with Crippen LogP contribution in [0.4, 0.5) is 0 Å². The fourth-order valence-corrected chi connectivity index (χ4v) is 2.81. The zero-order valence-corrected chi connectivity index (χ0v) is 13.9. The van der Waals surface area contributed by atoms with Crippen molar-refractivity contribution in [2.24, 2.45) is 12.8 Å². The molecule has 7 heteroatoms. The molecular weight excluding hydrogens is 320 g/mol. The van der Waals surface area contributed by atoms with Crippen LogP contribution >= 0.6 is 0 Å². The second-order valence-corrected chi connectivity index (χ2v) is 6.32. The number of nitrogens with two attached hydrogens (primary N) is 1. The van der Waals surface area contributed by atoms with E-state index in [9.17, 15) is 14.4 Å². The predicted molar refractivity (Wildman–Crippen MR) is 90.8 cm³/mol. The summed E-state index contributed by atoms with van der Waals surface area (Å²) in [5.41, 5.74) is 7.16. The zero-order valence-electron chi connectivity index (χ0n) is 13.9. The van der Waals surface area contributed by atoms with E-state index in [1.807, 2.05) is 30.3 Å². The first-order chi connectivity index (χ1) is 12.0. The lowest BCUT2D eigenvalue weighted by Crippen LogP contribution is -2.47. The fraction of sp³-hybridized carbons (Fsp3) is 0.333. The first-order valence-electron chi connectivity index (χ1n) is 8.17. The Bertz CT molecular complexity index is 809. The summed E-state index contributed by atoms with van der Waals surface area (Å²) in [7, 11) is 1.75. The first kappa shape index (κ1) is 16.9. The fourth-order valence-electron chi connectivity index (χ4n) is 2.81. The first-order valence-corrected chi connectivity index (χ1v) is 8.17. The molecule has 1 aromatic heterocycles. The second-order valence-electron chi connectivity index (χ2n) is 6.32. The van der Waals surface area contributed by atoms with Gasteiger partial charge in [-0.2, -0.15) is 5.10 Å². The maximum absolute atomic E-state index is 12.7. The number of benzene rings is 1. The van der Waals surface area contributed by atoms with E-state index in [1.165, 1.54) is 0 Å². The van der Waals surface area contributed by atoms with Crippen molar-refractivity contribution in [3.05, 3.63) is 53.3 Å². The van der Waals surface area contributed by atoms with Crippen LogP contribution in [0.5, 0.6) is 0 Å². The summed E-state index contributed by atoms with van der Waals surface area (Å²) in [5.74, 6) is -1.99. The van der Waals surface area contributed by atoms with Gasteiger partial charge in [-0.3, -0.25) is 19.1 Å². The summed E-state index contributed by atoms with van der Waals surface area (Å²) in [4.78, 5) is 36.2. The van der Waals surface area contributed by atoms with Crippen molar-refractivity contribution in [3.63, 3.8) is 0 Å². The number of amides is 2. The largest absolute Gasteiger partial charge is 0.363 e. The maximum atomic E-state index is 12.7. The Labute approximate surface area is 145 Å². The molecule has 7 nitrogen and oxygen atoms in total. The quantitative estimate of drug-likeness (QED) is 0.723. The van der Waals surface area contributed by atoms with E-state index in [4.69, 9.17) is 5.73 Å². The molecule has 1 fully saturated rings. The lowest BCUT2D eigenvalue weighted by Gasteiger charge is -2.16. The molecule has 25 heavy (non-hydrogen) atoms. The van der Waals surface area contributed by atoms with Gasteiger partial charge in [0.15, 0.2) is 0 Å². The van der Waals surface area contributed by atoms with Crippen molar-refractivity contribution in [1.29, 1.82) is 0 Å². The highest BCUT2D eigenvalue weighted by atomic mass is 16.2. The molecule has 130 valence electrons. The molecule has 0 saturated heterocycles. The number of Topliss-reactive ketones (excluding diaryl/α,β-unsaturated/α-hetero) is 1. The number of carbonyl (C=O) groups excluding carboxylic acids is 3. The SMILES string of the molecule is Cn1cc(C(=O)NC(Cc2ccccc2)C(=O)C(N)=O)c(C2CC2)n1. The second kappa shape index (κ2) is 6.88. The predicted octanol–water partition coefficient (Wildman–Crippen LogP) is 0.693. The topological polar surface area (TPSA) is 107 Å². The third kappa shape index (κ3) is 3.93. The molecule has 0 radical (unpaired) electrons. The number of ketones is 1. The molecule has 0 aliphatic heterocycles. The van der Waals surface area contributed by atoms with Gasteiger partial charge in [0.2, 0.25) is 5.78 Å². The summed E-state index contributed by atoms with van der Waals surface area (Å²) in [6, 6.07) is 8.16. The average molecular weight is 340 g/mol. The molecular formula is C18H20N4O3. The van der Waals surface area contributed by atoms with Crippen LogP contribution in [0, 0.1) is 0 Å². The van der Waals surface area contributed by atoms with Gasteiger partial charge < -0.3 is 11.1 Å². The van der Waals surface area contributed by atoms with Crippen molar-refractivity contribution >= 4 is 17.6 Å². The molecule has 1 heterocycles. The molecule has 0 bridgehead atoms. The van der Waals surface area contributed by atoms with E-state index in [-0.39, 0.29) is 6.42 Å². The lowest BCUT2D eigenvalue weighted by molar-refractivity contribution is -0.137. The number of rotatable bonds is 7. The number of carbonyl (C=O) groups is 3. The summed E-state index contributed by atoms with van der Waals surface area (Å²) in [5, 5.41) is 7.00. The van der Waals surface area contributed by atoms with Gasteiger partial charge in [-0.05, 0) is 18.4 Å². The molecule has 1 unspecified atom stereocenters. The van der Waals surface area contributed by atoms with Gasteiger partial charge in [0, 0.05) is 25.6 Å². The van der Waals surface area contributed by atoms with Crippen LogP contribution in [0.3, 0.4) is 0 Å². The third-order valence-electron chi connectivity index (χ3n) is 4.21.